The van der Waals surface area contributed by atoms with Crippen LogP contribution in [0.3, 0.4) is 0 Å². The highest BCUT2D eigenvalue weighted by molar-refractivity contribution is 9.10. The van der Waals surface area contributed by atoms with E-state index < -0.39 is 0 Å². The number of ketones is 1. The van der Waals surface area contributed by atoms with E-state index in [0.717, 1.165) is 17.6 Å². The molecule has 1 fully saturated rings. The van der Waals surface area contributed by atoms with Crippen LogP contribution in [-0.2, 0) is 0 Å². The number of Topliss-reactive ketones (excluding diaryl/α,β-unsaturated/α-hetero) is 1. The van der Waals surface area contributed by atoms with E-state index in [1.807, 2.05) is 17.0 Å². The molecule has 1 saturated heterocycles. The Morgan fingerprint density at radius 1 is 1.19 bits per heavy atom. The van der Waals surface area contributed by atoms with Crippen LogP contribution in [0.25, 0.3) is 0 Å². The summed E-state index contributed by atoms with van der Waals surface area (Å²) in [4.78, 5) is 13.7. The van der Waals surface area contributed by atoms with Crippen LogP contribution in [0.1, 0.15) is 23.2 Å². The lowest BCUT2D eigenvalue weighted by atomic mass is 10.1. The van der Waals surface area contributed by atoms with Crippen LogP contribution in [0.2, 0.25) is 0 Å². The molecule has 0 amide bonds. The Morgan fingerprint density at radius 3 is 2.44 bits per heavy atom. The first-order valence-corrected chi connectivity index (χ1v) is 6.11. The van der Waals surface area contributed by atoms with Crippen LogP contribution in [0, 0.1) is 12.0 Å². The van der Waals surface area contributed by atoms with Gasteiger partial charge in [0.1, 0.15) is 0 Å². The largest absolute Gasteiger partial charge is 0.332 e. The lowest BCUT2D eigenvalue weighted by Crippen LogP contribution is -2.12. The summed E-state index contributed by atoms with van der Waals surface area (Å²) in [5.74, 6) is 2.57. The number of rotatable bonds is 1. The molecule has 3 heteroatoms. The van der Waals surface area contributed by atoms with Gasteiger partial charge < -0.3 is 4.90 Å². The minimum Gasteiger partial charge on any atom is -0.332 e. The normalized spacial score (nSPS) is 14.4. The van der Waals surface area contributed by atoms with Gasteiger partial charge in [0, 0.05) is 29.2 Å². The zero-order valence-electron chi connectivity index (χ0n) is 8.87. The number of nitrogens with zero attached hydrogens (tertiary/aromatic N) is 1. The summed E-state index contributed by atoms with van der Waals surface area (Å²) in [5, 5.41) is 0. The van der Waals surface area contributed by atoms with Crippen molar-refractivity contribution < 1.29 is 4.79 Å². The topological polar surface area (TPSA) is 20.3 Å². The Morgan fingerprint density at radius 2 is 1.81 bits per heavy atom. The Hall–Kier alpha value is -1.27. The van der Waals surface area contributed by atoms with Gasteiger partial charge in [0.05, 0.1) is 0 Å². The van der Waals surface area contributed by atoms with E-state index in [1.54, 1.807) is 12.1 Å². The predicted molar refractivity (Wildman–Crippen MR) is 67.1 cm³/mol. The molecule has 1 heterocycles. The quantitative estimate of drug-likeness (QED) is 0.581. The molecular weight excluding hydrogens is 266 g/mol. The van der Waals surface area contributed by atoms with Gasteiger partial charge in [-0.05, 0) is 43.0 Å². The number of hydrogen-bond acceptors (Lipinski definition) is 2. The van der Waals surface area contributed by atoms with Crippen molar-refractivity contribution in [2.45, 2.75) is 12.8 Å². The van der Waals surface area contributed by atoms with Gasteiger partial charge in [0.15, 0.2) is 0 Å². The molecule has 0 spiro atoms. The number of hydrogen-bond donors (Lipinski definition) is 0. The van der Waals surface area contributed by atoms with Gasteiger partial charge in [-0.25, -0.2) is 0 Å². The first-order chi connectivity index (χ1) is 7.75. The van der Waals surface area contributed by atoms with Gasteiger partial charge in [0.25, 0.3) is 0 Å². The highest BCUT2D eigenvalue weighted by atomic mass is 79.9. The fourth-order valence-electron chi connectivity index (χ4n) is 1.63. The second-order valence-corrected chi connectivity index (χ2v) is 4.68. The fourth-order valence-corrected chi connectivity index (χ4v) is 1.90. The van der Waals surface area contributed by atoms with Crippen LogP contribution in [0.5, 0.6) is 0 Å². The van der Waals surface area contributed by atoms with Crippen molar-refractivity contribution in [1.29, 1.82) is 0 Å². The maximum Gasteiger partial charge on any atom is 0.237 e. The molecule has 2 nitrogen and oxygen atoms in total. The molecule has 1 aliphatic heterocycles. The summed E-state index contributed by atoms with van der Waals surface area (Å²) in [6.07, 6.45) is 2.36. The number of likely N-dealkylation sites (tertiary alicyclic amines) is 1. The molecule has 0 radical (unpaired) electrons. The summed E-state index contributed by atoms with van der Waals surface area (Å²) in [6.45, 7) is 1.97. The fraction of sp³-hybridized carbons (Fsp3) is 0.308. The van der Waals surface area contributed by atoms with Crippen molar-refractivity contribution in [3.05, 3.63) is 34.3 Å². The van der Waals surface area contributed by atoms with Crippen molar-refractivity contribution in [1.82, 2.24) is 4.90 Å². The van der Waals surface area contributed by atoms with E-state index in [-0.39, 0.29) is 5.78 Å². The maximum absolute atomic E-state index is 11.7. The van der Waals surface area contributed by atoms with Gasteiger partial charge in [-0.2, -0.15) is 0 Å². The third-order valence-corrected chi connectivity index (χ3v) is 3.07. The third-order valence-electron chi connectivity index (χ3n) is 2.54. The maximum atomic E-state index is 11.7. The molecule has 0 saturated carbocycles. The molecule has 0 bridgehead atoms. The zero-order chi connectivity index (χ0) is 11.4. The van der Waals surface area contributed by atoms with Gasteiger partial charge in [-0.3, -0.25) is 4.79 Å². The SMILES string of the molecule is O=C(C#CN1CCCC1)c1ccc(Br)cc1. The van der Waals surface area contributed by atoms with Crippen LogP contribution in [0.15, 0.2) is 28.7 Å². The smallest absolute Gasteiger partial charge is 0.237 e. The molecule has 1 aromatic rings. The molecule has 1 aromatic carbocycles. The summed E-state index contributed by atoms with van der Waals surface area (Å²) in [5.41, 5.74) is 0.648. The van der Waals surface area contributed by atoms with Gasteiger partial charge in [-0.15, -0.1) is 0 Å². The van der Waals surface area contributed by atoms with Gasteiger partial charge in [-0.1, -0.05) is 15.9 Å². The van der Waals surface area contributed by atoms with Crippen LogP contribution >= 0.6 is 15.9 Å². The Bertz CT molecular complexity index is 435. The minimum absolute atomic E-state index is 0.112. The van der Waals surface area contributed by atoms with Gasteiger partial charge >= 0.3 is 0 Å². The molecule has 0 N–H and O–H groups in total. The second kappa shape index (κ2) is 5.18. The molecule has 0 unspecified atom stereocenters. The van der Waals surface area contributed by atoms with Gasteiger partial charge in [0.2, 0.25) is 5.78 Å². The lowest BCUT2D eigenvalue weighted by Gasteiger charge is -2.04. The lowest BCUT2D eigenvalue weighted by molar-refractivity contribution is 0.105. The average Bonchev–Trinajstić information content (AvgIpc) is 2.80. The van der Waals surface area contributed by atoms with Crippen LogP contribution < -0.4 is 0 Å². The van der Waals surface area contributed by atoms with E-state index in [2.05, 4.69) is 27.9 Å². The van der Waals surface area contributed by atoms with Crippen molar-refractivity contribution in [3.63, 3.8) is 0 Å². The summed E-state index contributed by atoms with van der Waals surface area (Å²) in [7, 11) is 0. The zero-order valence-corrected chi connectivity index (χ0v) is 10.5. The Kier molecular flexibility index (Phi) is 3.63. The van der Waals surface area contributed by atoms with E-state index in [4.69, 9.17) is 0 Å². The molecule has 2 rings (SSSR count). The Labute approximate surface area is 104 Å². The molecule has 0 atom stereocenters. The second-order valence-electron chi connectivity index (χ2n) is 3.77. The minimum atomic E-state index is -0.112. The first kappa shape index (κ1) is 11.2. The van der Waals surface area contributed by atoms with E-state index in [0.29, 0.717) is 5.56 Å². The standard InChI is InChI=1S/C13H12BrNO/c14-12-5-3-11(4-6-12)13(16)7-10-15-8-1-2-9-15/h3-6H,1-2,8-9H2. The molecule has 0 aliphatic carbocycles. The number of benzene rings is 1. The molecule has 82 valence electrons. The van der Waals surface area contributed by atoms with Crippen molar-refractivity contribution in [3.8, 4) is 12.0 Å². The number of halogens is 1. The molecule has 16 heavy (non-hydrogen) atoms. The van der Waals surface area contributed by atoms with Crippen LogP contribution in [0.4, 0.5) is 0 Å². The first-order valence-electron chi connectivity index (χ1n) is 5.32. The monoisotopic (exact) mass is 277 g/mol. The highest BCUT2D eigenvalue weighted by Gasteiger charge is 2.07. The molecular formula is C13H12BrNO. The summed E-state index contributed by atoms with van der Waals surface area (Å²) in [6, 6.07) is 10.2. The Balaban J connectivity index is 2.04. The molecule has 0 aromatic heterocycles. The van der Waals surface area contributed by atoms with E-state index in [9.17, 15) is 4.79 Å². The average molecular weight is 278 g/mol. The van der Waals surface area contributed by atoms with Crippen molar-refractivity contribution >= 4 is 21.7 Å². The van der Waals surface area contributed by atoms with Crippen molar-refractivity contribution in [2.75, 3.05) is 13.1 Å². The van der Waals surface area contributed by atoms with Crippen LogP contribution in [-0.4, -0.2) is 23.8 Å². The molecule has 1 aliphatic rings. The van der Waals surface area contributed by atoms with E-state index >= 15 is 0 Å². The predicted octanol–water partition coefficient (Wildman–Crippen LogP) is 2.69. The van der Waals surface area contributed by atoms with Crippen molar-refractivity contribution in [2.24, 2.45) is 0 Å². The third kappa shape index (κ3) is 2.86. The summed E-state index contributed by atoms with van der Waals surface area (Å²) >= 11 is 3.33. The number of carbonyl (C=O) groups excluding carboxylic acids is 1. The highest BCUT2D eigenvalue weighted by Crippen LogP contribution is 2.11. The number of carbonyl (C=O) groups is 1. The van der Waals surface area contributed by atoms with E-state index in [1.165, 1.54) is 12.8 Å². The summed E-state index contributed by atoms with van der Waals surface area (Å²) < 4.78 is 0.969.